The third-order valence-electron chi connectivity index (χ3n) is 5.05. The highest BCUT2D eigenvalue weighted by Gasteiger charge is 2.61. The number of nitrogens with zero attached hydrogens (tertiary/aromatic N) is 3. The molecule has 5 heteroatoms. The average Bonchev–Trinajstić information content (AvgIpc) is 3.22. The van der Waals surface area contributed by atoms with Crippen molar-refractivity contribution in [3.63, 3.8) is 0 Å². The normalized spacial score (nSPS) is 31.2. The third-order valence-corrected chi connectivity index (χ3v) is 5.05. The highest BCUT2D eigenvalue weighted by Crippen LogP contribution is 2.57. The van der Waals surface area contributed by atoms with Crippen LogP contribution in [0.4, 0.5) is 5.82 Å². The van der Waals surface area contributed by atoms with Crippen LogP contribution in [0.3, 0.4) is 0 Å². The maximum Gasteiger partial charge on any atom is 0.239 e. The second kappa shape index (κ2) is 4.25. The molecule has 2 atom stereocenters. The van der Waals surface area contributed by atoms with Crippen LogP contribution < -0.4 is 4.90 Å². The monoisotopic (exact) mass is 273 g/mol. The Kier molecular flexibility index (Phi) is 2.61. The lowest BCUT2D eigenvalue weighted by Crippen LogP contribution is -2.42. The van der Waals surface area contributed by atoms with Gasteiger partial charge >= 0.3 is 0 Å². The van der Waals surface area contributed by atoms with Gasteiger partial charge in [-0.1, -0.05) is 12.8 Å². The molecule has 1 N–H and O–H groups in total. The van der Waals surface area contributed by atoms with Crippen molar-refractivity contribution in [3.8, 4) is 0 Å². The summed E-state index contributed by atoms with van der Waals surface area (Å²) in [6.45, 7) is 0. The van der Waals surface area contributed by atoms with Gasteiger partial charge in [-0.3, -0.25) is 9.69 Å². The van der Waals surface area contributed by atoms with Crippen molar-refractivity contribution in [2.24, 2.45) is 0 Å². The summed E-state index contributed by atoms with van der Waals surface area (Å²) in [5, 5.41) is 10.0. The van der Waals surface area contributed by atoms with Crippen molar-refractivity contribution < 1.29 is 9.90 Å². The zero-order valence-electron chi connectivity index (χ0n) is 11.5. The Morgan fingerprint density at radius 2 is 2.10 bits per heavy atom. The summed E-state index contributed by atoms with van der Waals surface area (Å²) in [5.74, 6) is 0.980. The number of anilines is 1. The molecule has 1 aromatic rings. The third kappa shape index (κ3) is 1.62. The lowest BCUT2D eigenvalue weighted by molar-refractivity contribution is -0.120. The number of aliphatic hydroxyl groups excluding tert-OH is 1. The van der Waals surface area contributed by atoms with E-state index in [4.69, 9.17) is 0 Å². The van der Waals surface area contributed by atoms with Gasteiger partial charge in [-0.15, -0.1) is 0 Å². The number of amides is 1. The van der Waals surface area contributed by atoms with E-state index in [-0.39, 0.29) is 23.5 Å². The zero-order chi connectivity index (χ0) is 13.7. The molecule has 0 saturated heterocycles. The number of carbonyl (C=O) groups excluding carboxylic acids is 1. The molecular formula is C15H19N3O2. The minimum absolute atomic E-state index is 0.0913. The van der Waals surface area contributed by atoms with E-state index in [1.54, 1.807) is 6.20 Å². The van der Waals surface area contributed by atoms with E-state index < -0.39 is 0 Å². The van der Waals surface area contributed by atoms with Crippen LogP contribution in [-0.4, -0.2) is 33.1 Å². The number of aliphatic hydroxyl groups is 1. The Morgan fingerprint density at radius 3 is 2.90 bits per heavy atom. The number of hydrogen-bond donors (Lipinski definition) is 1. The molecule has 1 aliphatic heterocycles. The quantitative estimate of drug-likeness (QED) is 0.788. The Labute approximate surface area is 118 Å². The maximum absolute atomic E-state index is 12.8. The summed E-state index contributed by atoms with van der Waals surface area (Å²) in [6.07, 6.45) is 9.45. The van der Waals surface area contributed by atoms with Gasteiger partial charge in [0.1, 0.15) is 12.1 Å². The van der Waals surface area contributed by atoms with Crippen molar-refractivity contribution in [3.05, 3.63) is 18.1 Å². The first-order valence-electron chi connectivity index (χ1n) is 7.54. The predicted molar refractivity (Wildman–Crippen MR) is 73.3 cm³/mol. The van der Waals surface area contributed by atoms with E-state index in [1.807, 2.05) is 4.90 Å². The van der Waals surface area contributed by atoms with Crippen molar-refractivity contribution >= 4 is 11.7 Å². The summed E-state index contributed by atoms with van der Waals surface area (Å²) in [6, 6.07) is 0.0913. The van der Waals surface area contributed by atoms with Gasteiger partial charge in [-0.05, 0) is 32.1 Å². The van der Waals surface area contributed by atoms with Gasteiger partial charge < -0.3 is 5.11 Å². The molecule has 0 radical (unpaired) electrons. The lowest BCUT2D eigenvalue weighted by atomic mass is 10.0. The van der Waals surface area contributed by atoms with Crippen molar-refractivity contribution in [1.29, 1.82) is 0 Å². The molecule has 1 spiro atoms. The van der Waals surface area contributed by atoms with Crippen LogP contribution >= 0.6 is 0 Å². The van der Waals surface area contributed by atoms with E-state index in [0.29, 0.717) is 6.42 Å². The second-order valence-electron chi connectivity index (χ2n) is 6.35. The van der Waals surface area contributed by atoms with Crippen LogP contribution in [-0.2, 0) is 10.2 Å². The fraction of sp³-hybridized carbons (Fsp3) is 0.667. The largest absolute Gasteiger partial charge is 0.393 e. The fourth-order valence-corrected chi connectivity index (χ4v) is 3.79. The van der Waals surface area contributed by atoms with Gasteiger partial charge in [-0.25, -0.2) is 9.97 Å². The van der Waals surface area contributed by atoms with E-state index in [0.717, 1.165) is 49.9 Å². The van der Waals surface area contributed by atoms with Gasteiger partial charge in [0.05, 0.1) is 11.5 Å². The summed E-state index contributed by atoms with van der Waals surface area (Å²) >= 11 is 0. The van der Waals surface area contributed by atoms with Crippen LogP contribution in [0.25, 0.3) is 0 Å². The van der Waals surface area contributed by atoms with E-state index >= 15 is 0 Å². The summed E-state index contributed by atoms with van der Waals surface area (Å²) in [4.78, 5) is 23.2. The zero-order valence-corrected chi connectivity index (χ0v) is 11.5. The molecule has 5 nitrogen and oxygen atoms in total. The SMILES string of the molecule is O=C1N([C@@H]2CCCC[C@@H](O)C2)c2ncncc2C12CC2. The van der Waals surface area contributed by atoms with Crippen LogP contribution in [0.1, 0.15) is 50.5 Å². The molecule has 106 valence electrons. The van der Waals surface area contributed by atoms with Crippen LogP contribution in [0, 0.1) is 0 Å². The first-order chi connectivity index (χ1) is 9.72. The number of hydrogen-bond acceptors (Lipinski definition) is 4. The molecular weight excluding hydrogens is 254 g/mol. The standard InChI is InChI=1S/C15H19N3O2/c19-11-4-2-1-3-10(7-11)18-13-12(8-16-9-17-13)15(5-6-15)14(18)20/h8-11,19H,1-7H2/t10-,11-/m1/s1. The molecule has 1 amide bonds. The molecule has 2 fully saturated rings. The van der Waals surface area contributed by atoms with E-state index in [9.17, 15) is 9.90 Å². The number of fused-ring (bicyclic) bond motifs is 2. The van der Waals surface area contributed by atoms with E-state index in [1.165, 1.54) is 6.33 Å². The van der Waals surface area contributed by atoms with Crippen LogP contribution in [0.2, 0.25) is 0 Å². The smallest absolute Gasteiger partial charge is 0.239 e. The average molecular weight is 273 g/mol. The Morgan fingerprint density at radius 1 is 1.30 bits per heavy atom. The minimum atomic E-state index is -0.326. The van der Waals surface area contributed by atoms with Gasteiger partial charge in [0, 0.05) is 17.8 Å². The second-order valence-corrected chi connectivity index (χ2v) is 6.35. The number of aromatic nitrogens is 2. The van der Waals surface area contributed by atoms with Crippen molar-refractivity contribution in [2.75, 3.05) is 4.90 Å². The van der Waals surface area contributed by atoms with Gasteiger partial charge in [0.2, 0.25) is 5.91 Å². The first kappa shape index (κ1) is 12.3. The Hall–Kier alpha value is -1.49. The summed E-state index contributed by atoms with van der Waals surface area (Å²) < 4.78 is 0. The summed E-state index contributed by atoms with van der Waals surface area (Å²) in [5.41, 5.74) is 0.678. The molecule has 20 heavy (non-hydrogen) atoms. The summed E-state index contributed by atoms with van der Waals surface area (Å²) in [7, 11) is 0. The van der Waals surface area contributed by atoms with Gasteiger partial charge in [0.25, 0.3) is 0 Å². The number of rotatable bonds is 1. The highest BCUT2D eigenvalue weighted by molar-refractivity contribution is 6.09. The van der Waals surface area contributed by atoms with Gasteiger partial charge in [0.15, 0.2) is 0 Å². The molecule has 1 aromatic heterocycles. The molecule has 2 heterocycles. The lowest BCUT2D eigenvalue weighted by Gasteiger charge is -2.28. The fourth-order valence-electron chi connectivity index (χ4n) is 3.79. The minimum Gasteiger partial charge on any atom is -0.393 e. The molecule has 2 saturated carbocycles. The topological polar surface area (TPSA) is 66.3 Å². The first-order valence-corrected chi connectivity index (χ1v) is 7.54. The molecule has 3 aliphatic rings. The molecule has 0 aromatic carbocycles. The van der Waals surface area contributed by atoms with Crippen molar-refractivity contribution in [1.82, 2.24) is 9.97 Å². The number of carbonyl (C=O) groups is 1. The Bertz CT molecular complexity index is 556. The molecule has 4 rings (SSSR count). The predicted octanol–water partition coefficient (Wildman–Crippen LogP) is 1.55. The van der Waals surface area contributed by atoms with Crippen LogP contribution in [0.5, 0.6) is 0 Å². The molecule has 0 bridgehead atoms. The van der Waals surface area contributed by atoms with Gasteiger partial charge in [-0.2, -0.15) is 0 Å². The van der Waals surface area contributed by atoms with Crippen molar-refractivity contribution in [2.45, 2.75) is 62.5 Å². The molecule has 0 unspecified atom stereocenters. The molecule has 2 aliphatic carbocycles. The highest BCUT2D eigenvalue weighted by atomic mass is 16.3. The Balaban J connectivity index is 1.73. The maximum atomic E-state index is 12.8. The van der Waals surface area contributed by atoms with E-state index in [2.05, 4.69) is 9.97 Å². The van der Waals surface area contributed by atoms with Crippen LogP contribution in [0.15, 0.2) is 12.5 Å².